The zero-order valence-electron chi connectivity index (χ0n) is 9.15. The van der Waals surface area contributed by atoms with Crippen LogP contribution in [0, 0.1) is 0 Å². The Balaban J connectivity index is 1.79. The van der Waals surface area contributed by atoms with Gasteiger partial charge in [-0.1, -0.05) is 0 Å². The summed E-state index contributed by atoms with van der Waals surface area (Å²) in [4.78, 5) is 18.5. The summed E-state index contributed by atoms with van der Waals surface area (Å²) in [7, 11) is 0. The summed E-state index contributed by atoms with van der Waals surface area (Å²) in [5.41, 5.74) is 0.716. The molecule has 0 unspecified atom stereocenters. The molecule has 1 fully saturated rings. The zero-order chi connectivity index (χ0) is 11.8. The Kier molecular flexibility index (Phi) is 3.10. The van der Waals surface area contributed by atoms with Crippen molar-refractivity contribution < 1.29 is 4.79 Å². The van der Waals surface area contributed by atoms with Gasteiger partial charge in [-0.2, -0.15) is 0 Å². The molecule has 0 saturated carbocycles. The first-order valence-corrected chi connectivity index (χ1v) is 7.35. The van der Waals surface area contributed by atoms with E-state index in [1.165, 1.54) is 0 Å². The standard InChI is InChI=1S/C11H12IN3OS/c12-15-4-2-14(3-5-15)11(16)9-7-8-1-6-17-10(8)13-9/h1,6-7,13H,2-5H2. The van der Waals surface area contributed by atoms with Crippen LogP contribution in [0.15, 0.2) is 17.5 Å². The third-order valence-corrected chi connectivity index (χ3v) is 4.80. The van der Waals surface area contributed by atoms with Crippen LogP contribution in [-0.4, -0.2) is 45.1 Å². The van der Waals surface area contributed by atoms with E-state index in [2.05, 4.69) is 31.0 Å². The summed E-state index contributed by atoms with van der Waals surface area (Å²) in [6.07, 6.45) is 0. The molecule has 17 heavy (non-hydrogen) atoms. The Hall–Kier alpha value is -0.600. The molecule has 0 aromatic carbocycles. The lowest BCUT2D eigenvalue weighted by atomic mass is 10.3. The molecule has 1 aliphatic rings. The van der Waals surface area contributed by atoms with Gasteiger partial charge in [-0.25, -0.2) is 3.11 Å². The van der Waals surface area contributed by atoms with E-state index in [1.54, 1.807) is 11.3 Å². The van der Waals surface area contributed by atoms with E-state index in [0.29, 0.717) is 5.69 Å². The second-order valence-electron chi connectivity index (χ2n) is 4.09. The Bertz CT molecular complexity index is 513. The molecular formula is C11H12IN3OS. The minimum absolute atomic E-state index is 0.123. The highest BCUT2D eigenvalue weighted by Gasteiger charge is 2.22. The van der Waals surface area contributed by atoms with Crippen molar-refractivity contribution >= 4 is 50.3 Å². The van der Waals surface area contributed by atoms with Crippen molar-refractivity contribution in [3.63, 3.8) is 0 Å². The van der Waals surface area contributed by atoms with Crippen LogP contribution in [-0.2, 0) is 0 Å². The van der Waals surface area contributed by atoms with E-state index >= 15 is 0 Å². The van der Waals surface area contributed by atoms with Crippen LogP contribution >= 0.6 is 34.2 Å². The van der Waals surface area contributed by atoms with Crippen molar-refractivity contribution in [1.82, 2.24) is 13.0 Å². The molecule has 0 aliphatic carbocycles. The average Bonchev–Trinajstić information content (AvgIpc) is 2.89. The fourth-order valence-corrected chi connectivity index (χ4v) is 3.23. The lowest BCUT2D eigenvalue weighted by molar-refractivity contribution is 0.0706. The molecule has 3 rings (SSSR count). The van der Waals surface area contributed by atoms with Crippen molar-refractivity contribution in [3.8, 4) is 0 Å². The number of fused-ring (bicyclic) bond motifs is 1. The summed E-state index contributed by atoms with van der Waals surface area (Å²) in [6.45, 7) is 3.52. The molecule has 1 aliphatic heterocycles. The molecule has 2 aromatic heterocycles. The van der Waals surface area contributed by atoms with Gasteiger partial charge in [0, 0.05) is 54.4 Å². The van der Waals surface area contributed by atoms with Crippen LogP contribution in [0.25, 0.3) is 10.2 Å². The Morgan fingerprint density at radius 2 is 2.12 bits per heavy atom. The average molecular weight is 361 g/mol. The number of aromatic amines is 1. The maximum absolute atomic E-state index is 12.3. The number of thiophene rings is 1. The SMILES string of the molecule is O=C(c1cc2ccsc2[nH]1)N1CCN(I)CC1. The molecule has 0 atom stereocenters. The third-order valence-electron chi connectivity index (χ3n) is 2.99. The quantitative estimate of drug-likeness (QED) is 0.626. The van der Waals surface area contributed by atoms with Crippen LogP contribution in [0.2, 0.25) is 0 Å². The number of nitrogens with zero attached hydrogens (tertiary/aromatic N) is 2. The van der Waals surface area contributed by atoms with Gasteiger partial charge in [0.1, 0.15) is 10.5 Å². The number of carbonyl (C=O) groups is 1. The highest BCUT2D eigenvalue weighted by atomic mass is 127. The Labute approximate surface area is 117 Å². The molecule has 6 heteroatoms. The molecule has 0 spiro atoms. The van der Waals surface area contributed by atoms with Gasteiger partial charge in [0.25, 0.3) is 5.91 Å². The zero-order valence-corrected chi connectivity index (χ0v) is 12.1. The van der Waals surface area contributed by atoms with Crippen LogP contribution in [0.4, 0.5) is 0 Å². The maximum atomic E-state index is 12.3. The molecule has 3 heterocycles. The summed E-state index contributed by atoms with van der Waals surface area (Å²) in [5.74, 6) is 0.123. The Morgan fingerprint density at radius 3 is 2.82 bits per heavy atom. The number of amides is 1. The number of H-pyrrole nitrogens is 1. The summed E-state index contributed by atoms with van der Waals surface area (Å²) in [5, 5.41) is 3.16. The topological polar surface area (TPSA) is 39.3 Å². The first-order chi connectivity index (χ1) is 8.24. The van der Waals surface area contributed by atoms with E-state index in [1.807, 2.05) is 22.4 Å². The number of hydrogen-bond donors (Lipinski definition) is 1. The van der Waals surface area contributed by atoms with Crippen molar-refractivity contribution in [2.45, 2.75) is 0 Å². The van der Waals surface area contributed by atoms with Crippen molar-refractivity contribution in [2.75, 3.05) is 26.2 Å². The lowest BCUT2D eigenvalue weighted by Crippen LogP contribution is -2.45. The number of rotatable bonds is 1. The smallest absolute Gasteiger partial charge is 0.270 e. The fourth-order valence-electron chi connectivity index (χ4n) is 2.02. The summed E-state index contributed by atoms with van der Waals surface area (Å²) >= 11 is 3.94. The predicted octanol–water partition coefficient (Wildman–Crippen LogP) is 2.34. The van der Waals surface area contributed by atoms with Gasteiger partial charge in [0.2, 0.25) is 0 Å². The number of hydrogen-bond acceptors (Lipinski definition) is 3. The molecule has 1 N–H and O–H groups in total. The second-order valence-corrected chi connectivity index (χ2v) is 6.37. The van der Waals surface area contributed by atoms with Gasteiger partial charge in [-0.3, -0.25) is 4.79 Å². The predicted molar refractivity (Wildman–Crippen MR) is 77.7 cm³/mol. The highest BCUT2D eigenvalue weighted by Crippen LogP contribution is 2.22. The highest BCUT2D eigenvalue weighted by molar-refractivity contribution is 14.1. The minimum atomic E-state index is 0.123. The summed E-state index contributed by atoms with van der Waals surface area (Å²) in [6, 6.07) is 3.99. The number of nitrogens with one attached hydrogen (secondary N) is 1. The molecule has 4 nitrogen and oxygen atoms in total. The third kappa shape index (κ3) is 2.21. The Morgan fingerprint density at radius 1 is 1.35 bits per heavy atom. The van der Waals surface area contributed by atoms with E-state index in [0.717, 1.165) is 36.4 Å². The van der Waals surface area contributed by atoms with E-state index in [-0.39, 0.29) is 5.91 Å². The van der Waals surface area contributed by atoms with Crippen LogP contribution in [0.3, 0.4) is 0 Å². The van der Waals surface area contributed by atoms with Crippen LogP contribution < -0.4 is 0 Å². The van der Waals surface area contributed by atoms with Gasteiger partial charge < -0.3 is 9.88 Å². The molecule has 1 amide bonds. The molecule has 2 aromatic rings. The molecule has 0 radical (unpaired) electrons. The van der Waals surface area contributed by atoms with E-state index < -0.39 is 0 Å². The number of piperazine rings is 1. The normalized spacial score (nSPS) is 17.8. The van der Waals surface area contributed by atoms with Gasteiger partial charge in [-0.15, -0.1) is 11.3 Å². The molecule has 90 valence electrons. The monoisotopic (exact) mass is 361 g/mol. The minimum Gasteiger partial charge on any atom is -0.342 e. The molecule has 1 saturated heterocycles. The van der Waals surface area contributed by atoms with Gasteiger partial charge in [0.05, 0.1) is 0 Å². The number of halogens is 1. The second kappa shape index (κ2) is 4.58. The number of carbonyl (C=O) groups excluding carboxylic acids is 1. The fraction of sp³-hybridized carbons (Fsp3) is 0.364. The molecular weight excluding hydrogens is 349 g/mol. The largest absolute Gasteiger partial charge is 0.342 e. The van der Waals surface area contributed by atoms with Gasteiger partial charge in [0.15, 0.2) is 0 Å². The van der Waals surface area contributed by atoms with Crippen molar-refractivity contribution in [2.24, 2.45) is 0 Å². The van der Waals surface area contributed by atoms with Gasteiger partial charge in [-0.05, 0) is 17.5 Å². The van der Waals surface area contributed by atoms with Crippen molar-refractivity contribution in [1.29, 1.82) is 0 Å². The van der Waals surface area contributed by atoms with E-state index in [9.17, 15) is 4.79 Å². The first-order valence-electron chi connectivity index (χ1n) is 5.50. The van der Waals surface area contributed by atoms with Crippen molar-refractivity contribution in [3.05, 3.63) is 23.2 Å². The molecule has 0 bridgehead atoms. The van der Waals surface area contributed by atoms with Crippen LogP contribution in [0.1, 0.15) is 10.5 Å². The lowest BCUT2D eigenvalue weighted by Gasteiger charge is -2.30. The summed E-state index contributed by atoms with van der Waals surface area (Å²) < 4.78 is 2.22. The van der Waals surface area contributed by atoms with E-state index in [4.69, 9.17) is 0 Å². The first kappa shape index (κ1) is 11.5. The maximum Gasteiger partial charge on any atom is 0.270 e. The number of aromatic nitrogens is 1. The van der Waals surface area contributed by atoms with Crippen LogP contribution in [0.5, 0.6) is 0 Å². The van der Waals surface area contributed by atoms with Gasteiger partial charge >= 0.3 is 0 Å².